The molecular weight excluding hydrogens is 257 g/mol. The molecule has 1 unspecified atom stereocenters. The number of aromatic amines is 1. The van der Waals surface area contributed by atoms with Crippen LogP contribution < -0.4 is 5.32 Å². The quantitative estimate of drug-likeness (QED) is 0.837. The number of benzene rings is 1. The number of halogens is 2. The van der Waals surface area contributed by atoms with Crippen LogP contribution in [0.2, 0.25) is 0 Å². The molecule has 1 aromatic carbocycles. The van der Waals surface area contributed by atoms with Gasteiger partial charge in [-0.2, -0.15) is 0 Å². The molecule has 1 atom stereocenters. The van der Waals surface area contributed by atoms with Crippen LogP contribution in [0.25, 0.3) is 0 Å². The molecule has 2 N–H and O–H groups in total. The summed E-state index contributed by atoms with van der Waals surface area (Å²) in [6.45, 7) is 1.01. The summed E-state index contributed by atoms with van der Waals surface area (Å²) in [6, 6.07) is 10.7. The van der Waals surface area contributed by atoms with Gasteiger partial charge in [-0.05, 0) is 5.56 Å². The molecule has 2 aromatic rings. The molecule has 0 aliphatic carbocycles. The molecule has 1 aliphatic heterocycles. The van der Waals surface area contributed by atoms with Crippen LogP contribution >= 0.6 is 24.8 Å². The van der Waals surface area contributed by atoms with Crippen LogP contribution in [-0.2, 0) is 6.42 Å². The molecule has 0 bridgehead atoms. The Bertz CT molecular complexity index is 456. The largest absolute Gasteiger partial charge is 0.348 e. The maximum atomic E-state index is 4.40. The van der Waals surface area contributed by atoms with Gasteiger partial charge in [-0.15, -0.1) is 24.8 Å². The van der Waals surface area contributed by atoms with Crippen LogP contribution in [0, 0.1) is 0 Å². The van der Waals surface area contributed by atoms with Crippen LogP contribution in [0.3, 0.4) is 0 Å². The summed E-state index contributed by atoms with van der Waals surface area (Å²) >= 11 is 0. The average Bonchev–Trinajstić information content (AvgIpc) is 2.78. The predicted octanol–water partition coefficient (Wildman–Crippen LogP) is 2.49. The van der Waals surface area contributed by atoms with E-state index in [0.717, 1.165) is 18.7 Å². The first-order valence-electron chi connectivity index (χ1n) is 5.25. The van der Waals surface area contributed by atoms with E-state index >= 15 is 0 Å². The molecule has 2 heterocycles. The third kappa shape index (κ3) is 2.63. The highest BCUT2D eigenvalue weighted by molar-refractivity contribution is 5.85. The number of nitrogens with one attached hydrogen (secondary N) is 2. The maximum Gasteiger partial charge on any atom is 0.0926 e. The topological polar surface area (TPSA) is 40.7 Å². The third-order valence-corrected chi connectivity index (χ3v) is 2.88. The van der Waals surface area contributed by atoms with Gasteiger partial charge in [-0.1, -0.05) is 30.3 Å². The second-order valence-corrected chi connectivity index (χ2v) is 3.81. The van der Waals surface area contributed by atoms with E-state index in [0.29, 0.717) is 0 Å². The molecule has 3 nitrogen and oxygen atoms in total. The Morgan fingerprint density at radius 1 is 1.12 bits per heavy atom. The highest BCUT2D eigenvalue weighted by Gasteiger charge is 2.22. The van der Waals surface area contributed by atoms with Crippen molar-refractivity contribution in [3.05, 3.63) is 53.6 Å². The summed E-state index contributed by atoms with van der Waals surface area (Å²) in [5.41, 5.74) is 3.70. The van der Waals surface area contributed by atoms with Crippen molar-refractivity contribution in [1.29, 1.82) is 0 Å². The van der Waals surface area contributed by atoms with Gasteiger partial charge in [0, 0.05) is 18.7 Å². The van der Waals surface area contributed by atoms with Gasteiger partial charge >= 0.3 is 0 Å². The average molecular weight is 272 g/mol. The number of nitrogens with zero attached hydrogens (tertiary/aromatic N) is 1. The Labute approximate surface area is 113 Å². The van der Waals surface area contributed by atoms with Gasteiger partial charge in [0.05, 0.1) is 18.1 Å². The lowest BCUT2D eigenvalue weighted by Crippen LogP contribution is -2.30. The van der Waals surface area contributed by atoms with Crippen molar-refractivity contribution in [2.24, 2.45) is 0 Å². The van der Waals surface area contributed by atoms with E-state index in [4.69, 9.17) is 0 Å². The SMILES string of the molecule is Cl.Cl.c1ccc(C2NCCc3[nH]cnc32)cc1. The van der Waals surface area contributed by atoms with Gasteiger partial charge < -0.3 is 10.3 Å². The van der Waals surface area contributed by atoms with Gasteiger partial charge in [0.25, 0.3) is 0 Å². The molecule has 0 fully saturated rings. The van der Waals surface area contributed by atoms with E-state index < -0.39 is 0 Å². The van der Waals surface area contributed by atoms with Gasteiger partial charge in [0.1, 0.15) is 0 Å². The number of H-pyrrole nitrogens is 1. The molecule has 1 aliphatic rings. The Morgan fingerprint density at radius 3 is 2.65 bits per heavy atom. The molecule has 1 aromatic heterocycles. The minimum Gasteiger partial charge on any atom is -0.348 e. The molecule has 17 heavy (non-hydrogen) atoms. The summed E-state index contributed by atoms with van der Waals surface area (Å²) in [5.74, 6) is 0. The highest BCUT2D eigenvalue weighted by Crippen LogP contribution is 2.25. The molecule has 0 spiro atoms. The first-order valence-corrected chi connectivity index (χ1v) is 5.25. The van der Waals surface area contributed by atoms with Crippen LogP contribution in [-0.4, -0.2) is 16.5 Å². The van der Waals surface area contributed by atoms with Crippen LogP contribution in [0.5, 0.6) is 0 Å². The summed E-state index contributed by atoms with van der Waals surface area (Å²) in [4.78, 5) is 7.60. The molecule has 0 radical (unpaired) electrons. The van der Waals surface area contributed by atoms with Crippen molar-refractivity contribution < 1.29 is 0 Å². The minimum absolute atomic E-state index is 0. The lowest BCUT2D eigenvalue weighted by Gasteiger charge is -2.23. The molecule has 0 amide bonds. The lowest BCUT2D eigenvalue weighted by molar-refractivity contribution is 0.553. The Kier molecular flexibility index (Phi) is 5.00. The highest BCUT2D eigenvalue weighted by atomic mass is 35.5. The number of hydrogen-bond donors (Lipinski definition) is 2. The maximum absolute atomic E-state index is 4.40. The monoisotopic (exact) mass is 271 g/mol. The number of rotatable bonds is 1. The fourth-order valence-electron chi connectivity index (χ4n) is 2.14. The first kappa shape index (κ1) is 14.0. The molecule has 0 saturated heterocycles. The number of hydrogen-bond acceptors (Lipinski definition) is 2. The molecule has 5 heteroatoms. The number of fused-ring (bicyclic) bond motifs is 1. The Balaban J connectivity index is 0.000000722. The van der Waals surface area contributed by atoms with Gasteiger partial charge in [-0.3, -0.25) is 0 Å². The van der Waals surface area contributed by atoms with E-state index in [9.17, 15) is 0 Å². The second-order valence-electron chi connectivity index (χ2n) is 3.81. The standard InChI is InChI=1S/C12H13N3.2ClH/c1-2-4-9(5-3-1)11-12-10(6-7-13-11)14-8-15-12;;/h1-5,8,11,13H,6-7H2,(H,14,15);2*1H. The van der Waals surface area contributed by atoms with E-state index in [-0.39, 0.29) is 30.9 Å². The smallest absolute Gasteiger partial charge is 0.0926 e. The summed E-state index contributed by atoms with van der Waals surface area (Å²) in [5, 5.41) is 3.50. The van der Waals surface area contributed by atoms with E-state index in [2.05, 4.69) is 39.6 Å². The number of imidazole rings is 1. The van der Waals surface area contributed by atoms with Gasteiger partial charge in [0.2, 0.25) is 0 Å². The zero-order valence-corrected chi connectivity index (χ0v) is 10.9. The fourth-order valence-corrected chi connectivity index (χ4v) is 2.14. The molecule has 3 rings (SSSR count). The normalized spacial score (nSPS) is 17.5. The van der Waals surface area contributed by atoms with Gasteiger partial charge in [0.15, 0.2) is 0 Å². The summed E-state index contributed by atoms with van der Waals surface area (Å²) in [6.07, 6.45) is 2.83. The fraction of sp³-hybridized carbons (Fsp3) is 0.250. The van der Waals surface area contributed by atoms with Crippen molar-refractivity contribution in [2.75, 3.05) is 6.54 Å². The molecular formula is C12H15Cl2N3. The lowest BCUT2D eigenvalue weighted by atomic mass is 9.98. The zero-order valence-electron chi connectivity index (χ0n) is 9.22. The van der Waals surface area contributed by atoms with Crippen LogP contribution in [0.1, 0.15) is 23.0 Å². The molecule has 92 valence electrons. The second kappa shape index (κ2) is 6.05. The first-order chi connectivity index (χ1) is 7.45. The number of aromatic nitrogens is 2. The molecule has 0 saturated carbocycles. The van der Waals surface area contributed by atoms with Crippen molar-refractivity contribution >= 4 is 24.8 Å². The van der Waals surface area contributed by atoms with Crippen LogP contribution in [0.4, 0.5) is 0 Å². The van der Waals surface area contributed by atoms with Crippen molar-refractivity contribution in [1.82, 2.24) is 15.3 Å². The van der Waals surface area contributed by atoms with Crippen molar-refractivity contribution in [3.63, 3.8) is 0 Å². The zero-order chi connectivity index (χ0) is 10.1. The Hall–Kier alpha value is -1.03. The minimum atomic E-state index is 0. The third-order valence-electron chi connectivity index (χ3n) is 2.88. The van der Waals surface area contributed by atoms with Crippen molar-refractivity contribution in [3.8, 4) is 0 Å². The summed E-state index contributed by atoms with van der Waals surface area (Å²) < 4.78 is 0. The van der Waals surface area contributed by atoms with Gasteiger partial charge in [-0.25, -0.2) is 4.98 Å². The van der Waals surface area contributed by atoms with E-state index in [1.165, 1.54) is 11.3 Å². The van der Waals surface area contributed by atoms with Crippen LogP contribution in [0.15, 0.2) is 36.7 Å². The van der Waals surface area contributed by atoms with E-state index in [1.807, 2.05) is 6.07 Å². The predicted molar refractivity (Wildman–Crippen MR) is 73.1 cm³/mol. The summed E-state index contributed by atoms with van der Waals surface area (Å²) in [7, 11) is 0. The van der Waals surface area contributed by atoms with E-state index in [1.54, 1.807) is 6.33 Å². The van der Waals surface area contributed by atoms with Crippen molar-refractivity contribution in [2.45, 2.75) is 12.5 Å². The Morgan fingerprint density at radius 2 is 1.88 bits per heavy atom.